The molecule has 0 heterocycles. The molecular weight excluding hydrogens is 472 g/mol. The molecule has 0 unspecified atom stereocenters. The lowest BCUT2D eigenvalue weighted by atomic mass is 10.1. The molecule has 2 rings (SSSR count). The van der Waals surface area contributed by atoms with Crippen molar-refractivity contribution in [1.82, 2.24) is 0 Å². The van der Waals surface area contributed by atoms with Crippen molar-refractivity contribution in [1.29, 1.82) is 0 Å². The van der Waals surface area contributed by atoms with Crippen LogP contribution in [0.3, 0.4) is 0 Å². The van der Waals surface area contributed by atoms with Gasteiger partial charge in [-0.25, -0.2) is 4.79 Å². The minimum Gasteiger partial charge on any atom is -0.478 e. The predicted octanol–water partition coefficient (Wildman–Crippen LogP) is 4.66. The number of carboxylic acid groups (broad SMARTS) is 1. The van der Waals surface area contributed by atoms with Crippen molar-refractivity contribution in [3.8, 4) is 0 Å². The number of aromatic carboxylic acids is 1. The molecule has 0 saturated carbocycles. The summed E-state index contributed by atoms with van der Waals surface area (Å²) in [6.07, 6.45) is 0. The van der Waals surface area contributed by atoms with Crippen molar-refractivity contribution in [2.24, 2.45) is 0 Å². The van der Waals surface area contributed by atoms with E-state index in [0.29, 0.717) is 5.56 Å². The van der Waals surface area contributed by atoms with Gasteiger partial charge in [-0.15, -0.1) is 0 Å². The van der Waals surface area contributed by atoms with Crippen molar-refractivity contribution < 1.29 is 14.7 Å². The summed E-state index contributed by atoms with van der Waals surface area (Å²) in [5, 5.41) is 11.9. The molecule has 0 saturated heterocycles. The molecule has 0 bridgehead atoms. The number of amides is 1. The van der Waals surface area contributed by atoms with Gasteiger partial charge < -0.3 is 10.4 Å². The normalized spacial score (nSPS) is 10.2. The second-order valence-electron chi connectivity index (χ2n) is 4.08. The highest BCUT2D eigenvalue weighted by atomic mass is 127. The predicted molar refractivity (Wildman–Crippen MR) is 93.2 cm³/mol. The number of rotatable bonds is 3. The van der Waals surface area contributed by atoms with E-state index in [-0.39, 0.29) is 22.2 Å². The Hall–Kier alpha value is -1.12. The molecule has 0 aliphatic carbocycles. The summed E-state index contributed by atoms with van der Waals surface area (Å²) in [4.78, 5) is 23.2. The molecule has 21 heavy (non-hydrogen) atoms. The standard InChI is InChI=1S/C14H8BrClINO3/c15-8-2-4-11(17)9(6-8)13(19)18-12-5-7(14(20)21)1-3-10(12)16/h1-6H,(H,18,19)(H,20,21). The number of carboxylic acids is 1. The molecule has 0 aromatic heterocycles. The molecule has 2 N–H and O–H groups in total. The number of anilines is 1. The van der Waals surface area contributed by atoms with E-state index in [2.05, 4.69) is 43.8 Å². The van der Waals surface area contributed by atoms with Crippen LogP contribution in [0.5, 0.6) is 0 Å². The molecule has 2 aromatic rings. The monoisotopic (exact) mass is 479 g/mol. The Kier molecular flexibility index (Phi) is 5.23. The van der Waals surface area contributed by atoms with Gasteiger partial charge in [-0.3, -0.25) is 4.79 Å². The van der Waals surface area contributed by atoms with Crippen LogP contribution in [0.25, 0.3) is 0 Å². The quantitative estimate of drug-likeness (QED) is 0.629. The first-order valence-electron chi connectivity index (χ1n) is 5.67. The van der Waals surface area contributed by atoms with Gasteiger partial charge in [-0.1, -0.05) is 27.5 Å². The first-order valence-corrected chi connectivity index (χ1v) is 7.92. The third-order valence-electron chi connectivity index (χ3n) is 2.63. The first kappa shape index (κ1) is 16.3. The zero-order valence-electron chi connectivity index (χ0n) is 10.4. The van der Waals surface area contributed by atoms with Crippen molar-refractivity contribution in [3.05, 3.63) is 60.6 Å². The van der Waals surface area contributed by atoms with Crippen LogP contribution in [-0.2, 0) is 0 Å². The minimum atomic E-state index is -1.08. The van der Waals surface area contributed by atoms with Crippen molar-refractivity contribution >= 4 is 67.7 Å². The third-order valence-corrected chi connectivity index (χ3v) is 4.40. The Labute approximate surface area is 147 Å². The van der Waals surface area contributed by atoms with Crippen molar-refractivity contribution in [3.63, 3.8) is 0 Å². The molecule has 0 aliphatic heterocycles. The van der Waals surface area contributed by atoms with E-state index < -0.39 is 5.97 Å². The van der Waals surface area contributed by atoms with Gasteiger partial charge in [0.25, 0.3) is 5.91 Å². The fourth-order valence-electron chi connectivity index (χ4n) is 1.62. The maximum absolute atomic E-state index is 12.3. The number of carbonyl (C=O) groups excluding carboxylic acids is 1. The van der Waals surface area contributed by atoms with Crippen LogP contribution in [0.1, 0.15) is 20.7 Å². The van der Waals surface area contributed by atoms with E-state index in [1.807, 2.05) is 6.07 Å². The number of benzene rings is 2. The SMILES string of the molecule is O=C(O)c1ccc(Cl)c(NC(=O)c2cc(Br)ccc2I)c1. The lowest BCUT2D eigenvalue weighted by molar-refractivity contribution is 0.0696. The molecule has 108 valence electrons. The minimum absolute atomic E-state index is 0.0543. The van der Waals surface area contributed by atoms with Crippen LogP contribution in [-0.4, -0.2) is 17.0 Å². The van der Waals surface area contributed by atoms with Crippen molar-refractivity contribution in [2.45, 2.75) is 0 Å². The lowest BCUT2D eigenvalue weighted by Gasteiger charge is -2.10. The zero-order chi connectivity index (χ0) is 15.6. The van der Waals surface area contributed by atoms with Crippen LogP contribution in [0, 0.1) is 3.57 Å². The Bertz CT molecular complexity index is 736. The van der Waals surface area contributed by atoms with Crippen LogP contribution in [0.4, 0.5) is 5.69 Å². The van der Waals surface area contributed by atoms with Crippen LogP contribution < -0.4 is 5.32 Å². The highest BCUT2D eigenvalue weighted by Gasteiger charge is 2.14. The molecule has 0 spiro atoms. The molecule has 2 aromatic carbocycles. The van der Waals surface area contributed by atoms with Gasteiger partial charge in [-0.05, 0) is 59.0 Å². The summed E-state index contributed by atoms with van der Waals surface area (Å²) in [6.45, 7) is 0. The Morgan fingerprint density at radius 2 is 1.90 bits per heavy atom. The van der Waals surface area contributed by atoms with E-state index in [4.69, 9.17) is 16.7 Å². The van der Waals surface area contributed by atoms with E-state index in [9.17, 15) is 9.59 Å². The highest BCUT2D eigenvalue weighted by Crippen LogP contribution is 2.25. The summed E-state index contributed by atoms with van der Waals surface area (Å²) in [5.74, 6) is -1.44. The summed E-state index contributed by atoms with van der Waals surface area (Å²) < 4.78 is 1.55. The molecule has 1 amide bonds. The van der Waals surface area contributed by atoms with E-state index >= 15 is 0 Å². The van der Waals surface area contributed by atoms with Crippen LogP contribution >= 0.6 is 50.1 Å². The summed E-state index contributed by atoms with van der Waals surface area (Å²) in [6, 6.07) is 9.46. The third kappa shape index (κ3) is 3.96. The van der Waals surface area contributed by atoms with Gasteiger partial charge in [0, 0.05) is 8.04 Å². The fraction of sp³-hybridized carbons (Fsp3) is 0. The van der Waals surface area contributed by atoms with E-state index in [1.165, 1.54) is 18.2 Å². The molecule has 0 fully saturated rings. The number of nitrogens with one attached hydrogen (secondary N) is 1. The van der Waals surface area contributed by atoms with Gasteiger partial charge in [0.1, 0.15) is 0 Å². The summed E-state index contributed by atoms with van der Waals surface area (Å²) >= 11 is 11.3. The molecule has 0 aliphatic rings. The maximum atomic E-state index is 12.3. The summed E-state index contributed by atoms with van der Waals surface area (Å²) in [5.41, 5.74) is 0.790. The fourth-order valence-corrected chi connectivity index (χ4v) is 2.72. The Morgan fingerprint density at radius 1 is 1.19 bits per heavy atom. The molecule has 0 radical (unpaired) electrons. The largest absolute Gasteiger partial charge is 0.478 e. The Morgan fingerprint density at radius 3 is 2.57 bits per heavy atom. The van der Waals surface area contributed by atoms with Crippen LogP contribution in [0.15, 0.2) is 40.9 Å². The van der Waals surface area contributed by atoms with Gasteiger partial charge in [0.2, 0.25) is 0 Å². The smallest absolute Gasteiger partial charge is 0.335 e. The second-order valence-corrected chi connectivity index (χ2v) is 6.56. The lowest BCUT2D eigenvalue weighted by Crippen LogP contribution is -2.14. The number of hydrogen-bond acceptors (Lipinski definition) is 2. The zero-order valence-corrected chi connectivity index (χ0v) is 14.9. The average Bonchev–Trinajstić information content (AvgIpc) is 2.43. The van der Waals surface area contributed by atoms with Gasteiger partial charge >= 0.3 is 5.97 Å². The topological polar surface area (TPSA) is 66.4 Å². The Balaban J connectivity index is 2.33. The van der Waals surface area contributed by atoms with Gasteiger partial charge in [0.15, 0.2) is 0 Å². The van der Waals surface area contributed by atoms with Gasteiger partial charge in [0.05, 0.1) is 21.8 Å². The van der Waals surface area contributed by atoms with Crippen molar-refractivity contribution in [2.75, 3.05) is 5.32 Å². The summed E-state index contributed by atoms with van der Waals surface area (Å²) in [7, 11) is 0. The number of halogens is 3. The average molecular weight is 480 g/mol. The van der Waals surface area contributed by atoms with E-state index in [0.717, 1.165) is 8.04 Å². The molecule has 0 atom stereocenters. The second kappa shape index (κ2) is 6.76. The first-order chi connectivity index (χ1) is 9.88. The molecule has 4 nitrogen and oxygen atoms in total. The van der Waals surface area contributed by atoms with Gasteiger partial charge in [-0.2, -0.15) is 0 Å². The van der Waals surface area contributed by atoms with E-state index in [1.54, 1.807) is 12.1 Å². The molecular formula is C14H8BrClINO3. The number of carbonyl (C=O) groups is 2. The number of hydrogen-bond donors (Lipinski definition) is 2. The highest BCUT2D eigenvalue weighted by molar-refractivity contribution is 14.1. The molecule has 7 heteroatoms. The maximum Gasteiger partial charge on any atom is 0.335 e. The van der Waals surface area contributed by atoms with Crippen LogP contribution in [0.2, 0.25) is 5.02 Å².